The molecule has 4 heterocycles. The normalized spacial score (nSPS) is 24.8. The summed E-state index contributed by atoms with van der Waals surface area (Å²) in [5, 5.41) is 3.97. The highest BCUT2D eigenvalue weighted by Gasteiger charge is 2.48. The number of likely N-dealkylation sites (tertiary alicyclic amines) is 2. The molecule has 7 heteroatoms. The minimum Gasteiger partial charge on any atom is -0.461 e. The van der Waals surface area contributed by atoms with Gasteiger partial charge in [0.15, 0.2) is 5.76 Å². The highest BCUT2D eigenvalue weighted by molar-refractivity contribution is 5.84. The summed E-state index contributed by atoms with van der Waals surface area (Å²) in [6.07, 6.45) is 4.56. The van der Waals surface area contributed by atoms with E-state index >= 15 is 0 Å². The molecule has 2 fully saturated rings. The van der Waals surface area contributed by atoms with Crippen LogP contribution in [0.2, 0.25) is 0 Å². The lowest BCUT2D eigenvalue weighted by atomic mass is 9.78. The average Bonchev–Trinajstić information content (AvgIpc) is 3.32. The fourth-order valence-electron chi connectivity index (χ4n) is 4.08. The van der Waals surface area contributed by atoms with E-state index in [0.717, 1.165) is 38.9 Å². The molecule has 2 aliphatic rings. The van der Waals surface area contributed by atoms with Gasteiger partial charge in [-0.15, -0.1) is 0 Å². The van der Waals surface area contributed by atoms with Crippen LogP contribution in [0.4, 0.5) is 0 Å². The highest BCUT2D eigenvalue weighted by atomic mass is 16.5. The monoisotopic (exact) mass is 344 g/mol. The number of carbonyl (C=O) groups excluding carboxylic acids is 1. The Kier molecular flexibility index (Phi) is 4.11. The number of carbonyl (C=O) groups is 1. The van der Waals surface area contributed by atoms with Crippen molar-refractivity contribution in [3.8, 4) is 11.6 Å². The molecule has 0 aliphatic carbocycles. The van der Waals surface area contributed by atoms with Gasteiger partial charge in [0.1, 0.15) is 0 Å². The molecule has 2 aromatic heterocycles. The molecule has 0 saturated carbocycles. The largest absolute Gasteiger partial charge is 0.461 e. The van der Waals surface area contributed by atoms with Crippen molar-refractivity contribution in [2.45, 2.75) is 45.7 Å². The van der Waals surface area contributed by atoms with E-state index in [1.165, 1.54) is 0 Å². The molecule has 4 rings (SSSR count). The third-order valence-electron chi connectivity index (χ3n) is 5.39. The molecule has 25 heavy (non-hydrogen) atoms. The summed E-state index contributed by atoms with van der Waals surface area (Å²) in [5.74, 6) is 1.95. The summed E-state index contributed by atoms with van der Waals surface area (Å²) >= 11 is 0. The second kappa shape index (κ2) is 6.29. The van der Waals surface area contributed by atoms with Crippen molar-refractivity contribution in [2.75, 3.05) is 19.6 Å². The van der Waals surface area contributed by atoms with E-state index in [-0.39, 0.29) is 11.5 Å². The van der Waals surface area contributed by atoms with Gasteiger partial charge in [0, 0.05) is 19.1 Å². The predicted octanol–water partition coefficient (Wildman–Crippen LogP) is 2.55. The molecule has 0 aromatic carbocycles. The number of rotatable bonds is 4. The first-order chi connectivity index (χ1) is 12.1. The Bertz CT molecular complexity index is 739. The van der Waals surface area contributed by atoms with Gasteiger partial charge in [-0.1, -0.05) is 5.16 Å². The van der Waals surface area contributed by atoms with E-state index in [1.54, 1.807) is 18.4 Å². The first-order valence-electron chi connectivity index (χ1n) is 8.97. The number of nitrogens with zero attached hydrogens (tertiary/aromatic N) is 4. The lowest BCUT2D eigenvalue weighted by molar-refractivity contribution is -0.147. The van der Waals surface area contributed by atoms with Crippen molar-refractivity contribution in [3.63, 3.8) is 0 Å². The van der Waals surface area contributed by atoms with Crippen molar-refractivity contribution >= 4 is 5.91 Å². The van der Waals surface area contributed by atoms with Gasteiger partial charge in [-0.05, 0) is 51.8 Å². The van der Waals surface area contributed by atoms with Crippen LogP contribution in [0.3, 0.4) is 0 Å². The standard InChI is InChI=1S/C18H24N4O3/c1-13(2)22-8-4-6-18(17(22)23)7-9-21(12-18)11-15-19-16(20-25-15)14-5-3-10-24-14/h3,5,10,13H,4,6-9,11-12H2,1-2H3/t18-/m0/s1. The van der Waals surface area contributed by atoms with E-state index < -0.39 is 0 Å². The lowest BCUT2D eigenvalue weighted by Gasteiger charge is -2.41. The topological polar surface area (TPSA) is 75.6 Å². The van der Waals surface area contributed by atoms with Gasteiger partial charge in [-0.3, -0.25) is 9.69 Å². The van der Waals surface area contributed by atoms with Gasteiger partial charge < -0.3 is 13.8 Å². The number of aromatic nitrogens is 2. The second-order valence-corrected chi connectivity index (χ2v) is 7.43. The van der Waals surface area contributed by atoms with Gasteiger partial charge in [0.2, 0.25) is 17.6 Å². The van der Waals surface area contributed by atoms with Crippen LogP contribution in [0.15, 0.2) is 27.3 Å². The molecule has 2 aromatic rings. The SMILES string of the molecule is CC(C)N1CCC[C@@]2(CCN(Cc3nc(-c4ccco4)no3)C2)C1=O. The maximum Gasteiger partial charge on any atom is 0.241 e. The zero-order chi connectivity index (χ0) is 17.4. The summed E-state index contributed by atoms with van der Waals surface area (Å²) in [4.78, 5) is 21.7. The zero-order valence-corrected chi connectivity index (χ0v) is 14.8. The molecule has 0 bridgehead atoms. The minimum atomic E-state index is -0.230. The molecule has 1 atom stereocenters. The number of piperidine rings is 1. The Hall–Kier alpha value is -2.15. The maximum atomic E-state index is 13.0. The molecule has 7 nitrogen and oxygen atoms in total. The van der Waals surface area contributed by atoms with Crippen molar-refractivity contribution in [3.05, 3.63) is 24.3 Å². The van der Waals surface area contributed by atoms with Crippen molar-refractivity contribution in [1.82, 2.24) is 19.9 Å². The third kappa shape index (κ3) is 2.97. The van der Waals surface area contributed by atoms with Crippen LogP contribution in [0.25, 0.3) is 11.6 Å². The van der Waals surface area contributed by atoms with Crippen LogP contribution in [0, 0.1) is 5.41 Å². The first kappa shape index (κ1) is 16.3. The molecular weight excluding hydrogens is 320 g/mol. The minimum absolute atomic E-state index is 0.230. The summed E-state index contributed by atoms with van der Waals surface area (Å²) in [6.45, 7) is 7.30. The number of amides is 1. The summed E-state index contributed by atoms with van der Waals surface area (Å²) in [5.41, 5.74) is -0.230. The Morgan fingerprint density at radius 1 is 1.32 bits per heavy atom. The van der Waals surface area contributed by atoms with Crippen molar-refractivity contribution in [2.24, 2.45) is 5.41 Å². The Morgan fingerprint density at radius 3 is 2.96 bits per heavy atom. The van der Waals surface area contributed by atoms with E-state index in [1.807, 2.05) is 4.90 Å². The quantitative estimate of drug-likeness (QED) is 0.848. The van der Waals surface area contributed by atoms with Crippen molar-refractivity contribution < 1.29 is 13.7 Å². The zero-order valence-electron chi connectivity index (χ0n) is 14.8. The van der Waals surface area contributed by atoms with E-state index in [2.05, 4.69) is 28.9 Å². The summed E-state index contributed by atoms with van der Waals surface area (Å²) in [7, 11) is 0. The van der Waals surface area contributed by atoms with E-state index in [0.29, 0.717) is 29.9 Å². The first-order valence-corrected chi connectivity index (χ1v) is 8.97. The van der Waals surface area contributed by atoms with Gasteiger partial charge in [-0.25, -0.2) is 0 Å². The molecule has 2 aliphatic heterocycles. The second-order valence-electron chi connectivity index (χ2n) is 7.43. The molecule has 0 unspecified atom stereocenters. The van der Waals surface area contributed by atoms with Crippen LogP contribution in [0.5, 0.6) is 0 Å². The van der Waals surface area contributed by atoms with Crippen LogP contribution in [-0.2, 0) is 11.3 Å². The highest BCUT2D eigenvalue weighted by Crippen LogP contribution is 2.41. The average molecular weight is 344 g/mol. The molecule has 134 valence electrons. The smallest absolute Gasteiger partial charge is 0.241 e. The molecule has 1 amide bonds. The van der Waals surface area contributed by atoms with Crippen LogP contribution in [0.1, 0.15) is 39.0 Å². The Balaban J connectivity index is 1.43. The number of hydrogen-bond acceptors (Lipinski definition) is 6. The fourth-order valence-corrected chi connectivity index (χ4v) is 4.08. The third-order valence-corrected chi connectivity index (χ3v) is 5.39. The van der Waals surface area contributed by atoms with Gasteiger partial charge in [-0.2, -0.15) is 4.98 Å². The Labute approximate surface area is 147 Å². The van der Waals surface area contributed by atoms with Gasteiger partial charge >= 0.3 is 0 Å². The summed E-state index contributed by atoms with van der Waals surface area (Å²) in [6, 6.07) is 3.87. The molecule has 0 N–H and O–H groups in total. The van der Waals surface area contributed by atoms with Crippen LogP contribution >= 0.6 is 0 Å². The lowest BCUT2D eigenvalue weighted by Crippen LogP contribution is -2.52. The van der Waals surface area contributed by atoms with Gasteiger partial charge in [0.05, 0.1) is 18.2 Å². The predicted molar refractivity (Wildman–Crippen MR) is 90.4 cm³/mol. The maximum absolute atomic E-state index is 13.0. The fraction of sp³-hybridized carbons (Fsp3) is 0.611. The number of hydrogen-bond donors (Lipinski definition) is 0. The van der Waals surface area contributed by atoms with E-state index in [4.69, 9.17) is 8.94 Å². The van der Waals surface area contributed by atoms with E-state index in [9.17, 15) is 4.79 Å². The summed E-state index contributed by atoms with van der Waals surface area (Å²) < 4.78 is 10.6. The Morgan fingerprint density at radius 2 is 2.20 bits per heavy atom. The van der Waals surface area contributed by atoms with Crippen molar-refractivity contribution in [1.29, 1.82) is 0 Å². The number of furan rings is 1. The molecule has 2 saturated heterocycles. The molecule has 1 spiro atoms. The molecule has 0 radical (unpaired) electrons. The van der Waals surface area contributed by atoms with Crippen LogP contribution < -0.4 is 0 Å². The van der Waals surface area contributed by atoms with Crippen LogP contribution in [-0.4, -0.2) is 51.5 Å². The van der Waals surface area contributed by atoms with Gasteiger partial charge in [0.25, 0.3) is 0 Å². The molecular formula is C18H24N4O3.